The number of hydrogen-bond acceptors (Lipinski definition) is 8. The van der Waals surface area contributed by atoms with Crippen LogP contribution in [0, 0.1) is 74.9 Å². The number of nitrogen functional groups attached to an aromatic ring is 1. The van der Waals surface area contributed by atoms with Crippen LogP contribution in [0.4, 0.5) is 5.82 Å². The van der Waals surface area contributed by atoms with Crippen LogP contribution in [0.2, 0.25) is 0 Å². The van der Waals surface area contributed by atoms with Gasteiger partial charge in [0.25, 0.3) is 0 Å². The summed E-state index contributed by atoms with van der Waals surface area (Å²) in [5.74, 6) is 7.56. The van der Waals surface area contributed by atoms with Crippen LogP contribution >= 0.6 is 15.9 Å². The molecule has 380 valence electrons. The molecule has 8 fully saturated rings. The molecular weight excluding hydrogens is 913 g/mol. The number of nitrogens with two attached hydrogens (primary N) is 1. The number of imidazole rings is 1. The zero-order valence-electron chi connectivity index (χ0n) is 41.2. The van der Waals surface area contributed by atoms with E-state index in [9.17, 15) is 15.0 Å². The van der Waals surface area contributed by atoms with Crippen molar-refractivity contribution in [2.75, 3.05) is 38.5 Å². The Morgan fingerprint density at radius 1 is 0.706 bits per heavy atom. The van der Waals surface area contributed by atoms with Gasteiger partial charge in [-0.2, -0.15) is 0 Å². The molecule has 0 spiro atoms. The summed E-state index contributed by atoms with van der Waals surface area (Å²) in [5, 5.41) is 22.1. The number of anilines is 1. The van der Waals surface area contributed by atoms with E-state index in [1.807, 2.05) is 33.3 Å². The number of rotatable bonds is 7. The lowest BCUT2D eigenvalue weighted by Crippen LogP contribution is -2.58. The second kappa shape index (κ2) is 20.6. The number of carbonyl (C=O) groups excluding carboxylic acids is 1. The number of hydrogen-bond donors (Lipinski definition) is 3. The van der Waals surface area contributed by atoms with E-state index < -0.39 is 11.2 Å². The molecule has 3 heterocycles. The van der Waals surface area contributed by atoms with Crippen LogP contribution in [0.25, 0.3) is 5.65 Å². The Morgan fingerprint density at radius 2 is 1.26 bits per heavy atom. The normalized spacial score (nSPS) is 43.1. The minimum absolute atomic E-state index is 0. The summed E-state index contributed by atoms with van der Waals surface area (Å²) in [6.07, 6.45) is 27.2. The average molecular weight is 1000 g/mol. The average Bonchev–Trinajstić information content (AvgIpc) is 3.99. The largest absolute Gasteiger partial charge is 0.390 e. The monoisotopic (exact) mass is 1000 g/mol. The summed E-state index contributed by atoms with van der Waals surface area (Å²) in [6.45, 7) is 10.8. The fourth-order valence-electron chi connectivity index (χ4n) is 18.2. The molecule has 8 aliphatic rings. The lowest BCUT2D eigenvalue weighted by atomic mass is 9.43. The fourth-order valence-corrected chi connectivity index (χ4v) is 18.6. The number of methoxy groups -OCH3 is 2. The van der Waals surface area contributed by atoms with Crippen LogP contribution in [0.15, 0.2) is 55.0 Å². The molecule has 8 saturated carbocycles. The zero-order chi connectivity index (χ0) is 46.7. The number of ether oxygens (including phenoxy) is 2. The third kappa shape index (κ3) is 9.44. The highest BCUT2D eigenvalue weighted by Crippen LogP contribution is 2.71. The summed E-state index contributed by atoms with van der Waals surface area (Å²) >= 11 is 3.43. The van der Waals surface area contributed by atoms with E-state index in [0.29, 0.717) is 51.9 Å². The standard InChI is InChI=1S/C28H40N2O2.C23H37BrO3.C5H6N2.2CH4/c1-26(31)13-14-28(18-32-3)19(16-26)7-8-20-21-9-10-23(27(21,2)12-11-22(20)28)24-17-30-15-5-4-6-25(30)29-24;1-21(26)10-11-23(14-27-3)15(12-21)4-5-16-17-6-7-19(20(25)13-24)22(17,2)9-8-18(16)23;6-5-3-1-2-4-7-5;;/h4-6,15,17,19-23,31H,7-14,16,18H2,1-3H3;15-19,26H,4-14H2,1-3H3;1-4H,(H2,6,7);2*1H4/t19-,20-,21-,22-,23+,26+,27-,28+;15-,16-,17-,18-,19+,21+,22-,23+;;;/m00.../s1. The van der Waals surface area contributed by atoms with Crippen LogP contribution in [0.5, 0.6) is 0 Å². The number of alkyl halides is 1. The van der Waals surface area contributed by atoms with Gasteiger partial charge in [-0.25, -0.2) is 9.97 Å². The molecule has 9 nitrogen and oxygen atoms in total. The van der Waals surface area contributed by atoms with Crippen LogP contribution in [-0.4, -0.2) is 74.3 Å². The molecule has 3 aromatic rings. The molecule has 0 bridgehead atoms. The Morgan fingerprint density at radius 3 is 1.78 bits per heavy atom. The number of aliphatic hydroxyl groups is 2. The van der Waals surface area contributed by atoms with Crippen molar-refractivity contribution in [2.24, 2.45) is 74.9 Å². The molecule has 0 aliphatic heterocycles. The van der Waals surface area contributed by atoms with Crippen molar-refractivity contribution in [3.63, 3.8) is 0 Å². The van der Waals surface area contributed by atoms with Gasteiger partial charge in [-0.15, -0.1) is 0 Å². The highest BCUT2D eigenvalue weighted by Gasteiger charge is 2.64. The first kappa shape index (κ1) is 53.4. The van der Waals surface area contributed by atoms with Gasteiger partial charge in [-0.1, -0.05) is 56.8 Å². The summed E-state index contributed by atoms with van der Waals surface area (Å²) in [4.78, 5) is 21.4. The molecule has 3 aromatic heterocycles. The van der Waals surface area contributed by atoms with E-state index in [1.54, 1.807) is 12.3 Å². The number of nitrogens with zero attached hydrogens (tertiary/aromatic N) is 3. The fraction of sp³-hybridized carbons (Fsp3) is 0.776. The molecule has 8 aliphatic carbocycles. The molecule has 11 rings (SSSR count). The van der Waals surface area contributed by atoms with E-state index >= 15 is 0 Å². The van der Waals surface area contributed by atoms with E-state index in [4.69, 9.17) is 20.2 Å². The van der Waals surface area contributed by atoms with Crippen LogP contribution in [0.3, 0.4) is 0 Å². The predicted molar refractivity (Wildman–Crippen MR) is 279 cm³/mol. The van der Waals surface area contributed by atoms with Gasteiger partial charge in [0.15, 0.2) is 0 Å². The van der Waals surface area contributed by atoms with Gasteiger partial charge in [0.2, 0.25) is 0 Å². The summed E-state index contributed by atoms with van der Waals surface area (Å²) < 4.78 is 14.0. The van der Waals surface area contributed by atoms with Gasteiger partial charge in [0.1, 0.15) is 17.2 Å². The molecule has 0 amide bonds. The highest BCUT2D eigenvalue weighted by atomic mass is 79.9. The second-order valence-corrected chi connectivity index (χ2v) is 24.9. The van der Waals surface area contributed by atoms with Crippen molar-refractivity contribution in [2.45, 2.75) is 175 Å². The van der Waals surface area contributed by atoms with E-state index in [0.717, 1.165) is 87.5 Å². The Labute approximate surface area is 419 Å². The lowest BCUT2D eigenvalue weighted by Gasteiger charge is -2.62. The van der Waals surface area contributed by atoms with Crippen molar-refractivity contribution in [1.29, 1.82) is 0 Å². The van der Waals surface area contributed by atoms with Crippen molar-refractivity contribution in [3.05, 3.63) is 60.7 Å². The van der Waals surface area contributed by atoms with E-state index in [-0.39, 0.29) is 37.0 Å². The van der Waals surface area contributed by atoms with Crippen molar-refractivity contribution in [1.82, 2.24) is 14.4 Å². The first-order valence-electron chi connectivity index (χ1n) is 26.1. The van der Waals surface area contributed by atoms with Gasteiger partial charge in [-0.3, -0.25) is 4.79 Å². The van der Waals surface area contributed by atoms with Crippen molar-refractivity contribution < 1.29 is 24.5 Å². The molecule has 68 heavy (non-hydrogen) atoms. The molecule has 16 atom stereocenters. The predicted octanol–water partition coefficient (Wildman–Crippen LogP) is 12.8. The van der Waals surface area contributed by atoms with Crippen molar-refractivity contribution in [3.8, 4) is 0 Å². The SMILES string of the molecule is C.C.COC[C@]12CC[C@@](C)(O)C[C@@H]1CC[C@H]1[C@@H]3CC[C@H](C(=O)CBr)[C@@]3(C)CC[C@@H]12.COC[C@]12CC[C@@](C)(O)C[C@@H]1CC[C@H]1[C@@H]3CC[C@H](c4cn5ccccc5n4)[C@@]3(C)CC[C@@H]12.Nc1ccccn1. The number of carbonyl (C=O) groups is 1. The van der Waals surface area contributed by atoms with Crippen molar-refractivity contribution >= 4 is 33.2 Å². The second-order valence-electron chi connectivity index (χ2n) is 24.4. The molecule has 10 heteroatoms. The third-order valence-electron chi connectivity index (χ3n) is 21.1. The molecule has 4 N–H and O–H groups in total. The maximum atomic E-state index is 12.6. The third-order valence-corrected chi connectivity index (χ3v) is 21.6. The minimum atomic E-state index is -0.501. The number of halogens is 1. The van der Waals surface area contributed by atoms with Gasteiger partial charge in [0.05, 0.1) is 35.4 Å². The maximum Gasteiger partial charge on any atom is 0.147 e. The Bertz CT molecular complexity index is 2110. The first-order valence-corrected chi connectivity index (χ1v) is 27.3. The van der Waals surface area contributed by atoms with E-state index in [2.05, 4.69) is 76.7 Å². The molecular formula is C58H91BrN4O5. The van der Waals surface area contributed by atoms with Crippen LogP contribution in [-0.2, 0) is 14.3 Å². The maximum absolute atomic E-state index is 12.6. The summed E-state index contributed by atoms with van der Waals surface area (Å²) in [5.41, 5.74) is 7.74. The number of Topliss-reactive ketones (excluding diaryl/α,β-unsaturated/α-hetero) is 1. The Hall–Kier alpha value is -2.37. The quantitative estimate of drug-likeness (QED) is 0.199. The molecule has 0 unspecified atom stereocenters. The number of ketones is 1. The van der Waals surface area contributed by atoms with E-state index in [1.165, 1.54) is 76.3 Å². The summed E-state index contributed by atoms with van der Waals surface area (Å²) in [6, 6.07) is 11.7. The minimum Gasteiger partial charge on any atom is -0.390 e. The van der Waals surface area contributed by atoms with Gasteiger partial charge < -0.3 is 29.8 Å². The number of aromatic nitrogens is 3. The number of pyridine rings is 2. The molecule has 0 aromatic carbocycles. The van der Waals surface area contributed by atoms with Crippen LogP contribution in [0.1, 0.15) is 170 Å². The van der Waals surface area contributed by atoms with Gasteiger partial charge >= 0.3 is 0 Å². The molecule has 0 radical (unpaired) electrons. The molecule has 0 saturated heterocycles. The van der Waals surface area contributed by atoms with Crippen LogP contribution < -0.4 is 5.73 Å². The topological polar surface area (TPSA) is 132 Å². The van der Waals surface area contributed by atoms with Gasteiger partial charge in [-0.05, 0) is 223 Å². The first-order chi connectivity index (χ1) is 31.5. The van der Waals surface area contributed by atoms with Gasteiger partial charge in [0, 0.05) is 44.6 Å². The zero-order valence-corrected chi connectivity index (χ0v) is 42.8. The lowest BCUT2D eigenvalue weighted by molar-refractivity contribution is -0.175. The number of fused-ring (bicyclic) bond motifs is 11. The Balaban J connectivity index is 0.000000173. The Kier molecular flexibility index (Phi) is 16.2. The summed E-state index contributed by atoms with van der Waals surface area (Å²) in [7, 11) is 3.75. The smallest absolute Gasteiger partial charge is 0.147 e. The highest BCUT2D eigenvalue weighted by molar-refractivity contribution is 9.09.